The standard InChI is InChI=1S/C12H18N4/c1-4-8-14-12(13-3)15-9-11-7-5-6-10(2)16-11/h4-7H,1,8-9H2,2-3H3,(H2,13,14,15). The van der Waals surface area contributed by atoms with Gasteiger partial charge in [-0.1, -0.05) is 12.1 Å². The fourth-order valence-electron chi connectivity index (χ4n) is 1.26. The van der Waals surface area contributed by atoms with Crippen molar-refractivity contribution >= 4 is 5.96 Å². The van der Waals surface area contributed by atoms with Crippen LogP contribution < -0.4 is 10.6 Å². The molecule has 0 saturated heterocycles. The molecule has 0 unspecified atom stereocenters. The largest absolute Gasteiger partial charge is 0.353 e. The molecule has 4 nitrogen and oxygen atoms in total. The van der Waals surface area contributed by atoms with E-state index in [1.165, 1.54) is 0 Å². The van der Waals surface area contributed by atoms with Gasteiger partial charge in [0.05, 0.1) is 12.2 Å². The highest BCUT2D eigenvalue weighted by Gasteiger charge is 1.97. The third-order valence-corrected chi connectivity index (χ3v) is 2.02. The lowest BCUT2D eigenvalue weighted by atomic mass is 10.3. The van der Waals surface area contributed by atoms with Crippen LogP contribution in [0, 0.1) is 6.92 Å². The maximum Gasteiger partial charge on any atom is 0.191 e. The summed E-state index contributed by atoms with van der Waals surface area (Å²) in [7, 11) is 1.74. The van der Waals surface area contributed by atoms with Crippen molar-refractivity contribution in [2.24, 2.45) is 4.99 Å². The number of aliphatic imine (C=N–C) groups is 1. The normalized spacial score (nSPS) is 11.0. The van der Waals surface area contributed by atoms with Gasteiger partial charge in [-0.05, 0) is 19.1 Å². The van der Waals surface area contributed by atoms with Gasteiger partial charge >= 0.3 is 0 Å². The smallest absolute Gasteiger partial charge is 0.191 e. The molecule has 0 fully saturated rings. The molecule has 16 heavy (non-hydrogen) atoms. The molecule has 0 amide bonds. The van der Waals surface area contributed by atoms with Crippen molar-refractivity contribution in [2.75, 3.05) is 13.6 Å². The van der Waals surface area contributed by atoms with E-state index in [0.717, 1.165) is 17.3 Å². The number of nitrogens with zero attached hydrogens (tertiary/aromatic N) is 2. The third-order valence-electron chi connectivity index (χ3n) is 2.02. The number of rotatable bonds is 4. The molecule has 0 aromatic carbocycles. The average Bonchev–Trinajstić information content (AvgIpc) is 2.29. The van der Waals surface area contributed by atoms with Crippen LogP contribution in [0.15, 0.2) is 35.8 Å². The summed E-state index contributed by atoms with van der Waals surface area (Å²) in [5.41, 5.74) is 2.02. The molecule has 0 radical (unpaired) electrons. The number of nitrogens with one attached hydrogen (secondary N) is 2. The third kappa shape index (κ3) is 4.13. The molecule has 0 aliphatic heterocycles. The van der Waals surface area contributed by atoms with Crippen LogP contribution in [0.5, 0.6) is 0 Å². The summed E-state index contributed by atoms with van der Waals surface area (Å²) >= 11 is 0. The fraction of sp³-hybridized carbons (Fsp3) is 0.333. The summed E-state index contributed by atoms with van der Waals surface area (Å²) in [4.78, 5) is 8.48. The molecule has 0 aliphatic rings. The molecule has 1 rings (SSSR count). The van der Waals surface area contributed by atoms with Crippen LogP contribution in [0.3, 0.4) is 0 Å². The number of aryl methyl sites for hydroxylation is 1. The van der Waals surface area contributed by atoms with Crippen molar-refractivity contribution in [1.82, 2.24) is 15.6 Å². The lowest BCUT2D eigenvalue weighted by Crippen LogP contribution is -2.36. The Morgan fingerprint density at radius 1 is 1.50 bits per heavy atom. The minimum atomic E-state index is 0.665. The van der Waals surface area contributed by atoms with Gasteiger partial charge in [-0.3, -0.25) is 9.98 Å². The zero-order chi connectivity index (χ0) is 11.8. The Morgan fingerprint density at radius 3 is 2.94 bits per heavy atom. The Labute approximate surface area is 96.5 Å². The van der Waals surface area contributed by atoms with E-state index in [4.69, 9.17) is 0 Å². The van der Waals surface area contributed by atoms with Crippen LogP contribution in [0.25, 0.3) is 0 Å². The SMILES string of the molecule is C=CCNC(=NC)NCc1cccc(C)n1. The molecular formula is C12H18N4. The predicted octanol–water partition coefficient (Wildman–Crippen LogP) is 1.24. The summed E-state index contributed by atoms with van der Waals surface area (Å²) in [5.74, 6) is 0.753. The van der Waals surface area contributed by atoms with Crippen molar-refractivity contribution in [3.63, 3.8) is 0 Å². The number of pyridine rings is 1. The first-order chi connectivity index (χ1) is 7.76. The van der Waals surface area contributed by atoms with E-state index in [2.05, 4.69) is 27.2 Å². The second kappa shape index (κ2) is 6.61. The Bertz CT molecular complexity index is 371. The fourth-order valence-corrected chi connectivity index (χ4v) is 1.26. The van der Waals surface area contributed by atoms with Crippen molar-refractivity contribution in [2.45, 2.75) is 13.5 Å². The minimum absolute atomic E-state index is 0.665. The highest BCUT2D eigenvalue weighted by Crippen LogP contribution is 1.97. The molecule has 0 aliphatic carbocycles. The van der Waals surface area contributed by atoms with Gasteiger partial charge in [0.25, 0.3) is 0 Å². The highest BCUT2D eigenvalue weighted by atomic mass is 15.2. The van der Waals surface area contributed by atoms with Crippen LogP contribution in [0.2, 0.25) is 0 Å². The number of aromatic nitrogens is 1. The summed E-state index contributed by atoms with van der Waals surface area (Å²) in [6.07, 6.45) is 1.79. The summed E-state index contributed by atoms with van der Waals surface area (Å²) in [6.45, 7) is 6.98. The van der Waals surface area contributed by atoms with Gasteiger partial charge in [-0.15, -0.1) is 6.58 Å². The lowest BCUT2D eigenvalue weighted by molar-refractivity contribution is 0.819. The average molecular weight is 218 g/mol. The first-order valence-corrected chi connectivity index (χ1v) is 5.24. The van der Waals surface area contributed by atoms with E-state index < -0.39 is 0 Å². The predicted molar refractivity (Wildman–Crippen MR) is 67.4 cm³/mol. The van der Waals surface area contributed by atoms with Crippen molar-refractivity contribution in [1.29, 1.82) is 0 Å². The molecule has 2 N–H and O–H groups in total. The molecule has 1 heterocycles. The maximum atomic E-state index is 4.39. The first kappa shape index (κ1) is 12.2. The van der Waals surface area contributed by atoms with Gasteiger partial charge in [-0.25, -0.2) is 0 Å². The molecule has 4 heteroatoms. The van der Waals surface area contributed by atoms with Gasteiger partial charge < -0.3 is 10.6 Å². The Morgan fingerprint density at radius 2 is 2.31 bits per heavy atom. The van der Waals surface area contributed by atoms with Crippen LogP contribution in [0.1, 0.15) is 11.4 Å². The molecule has 86 valence electrons. The maximum absolute atomic E-state index is 4.39. The summed E-state index contributed by atoms with van der Waals surface area (Å²) in [5, 5.41) is 6.27. The van der Waals surface area contributed by atoms with E-state index >= 15 is 0 Å². The lowest BCUT2D eigenvalue weighted by Gasteiger charge is -2.10. The van der Waals surface area contributed by atoms with E-state index in [9.17, 15) is 0 Å². The van der Waals surface area contributed by atoms with Crippen molar-refractivity contribution < 1.29 is 0 Å². The number of hydrogen-bond acceptors (Lipinski definition) is 2. The van der Waals surface area contributed by atoms with E-state index in [1.54, 1.807) is 13.1 Å². The molecule has 1 aromatic rings. The van der Waals surface area contributed by atoms with Gasteiger partial charge in [0, 0.05) is 19.3 Å². The molecule has 0 spiro atoms. The number of hydrogen-bond donors (Lipinski definition) is 2. The quantitative estimate of drug-likeness (QED) is 0.454. The van der Waals surface area contributed by atoms with Crippen LogP contribution in [-0.4, -0.2) is 24.5 Å². The van der Waals surface area contributed by atoms with Gasteiger partial charge in [0.2, 0.25) is 0 Å². The van der Waals surface area contributed by atoms with Gasteiger partial charge in [0.15, 0.2) is 5.96 Å². The van der Waals surface area contributed by atoms with Crippen LogP contribution in [0.4, 0.5) is 0 Å². The van der Waals surface area contributed by atoms with Gasteiger partial charge in [-0.2, -0.15) is 0 Å². The zero-order valence-corrected chi connectivity index (χ0v) is 9.83. The summed E-state index contributed by atoms with van der Waals surface area (Å²) < 4.78 is 0. The van der Waals surface area contributed by atoms with Crippen molar-refractivity contribution in [3.05, 3.63) is 42.2 Å². The van der Waals surface area contributed by atoms with E-state index in [0.29, 0.717) is 13.1 Å². The molecule has 0 atom stereocenters. The molecular weight excluding hydrogens is 200 g/mol. The molecule has 0 saturated carbocycles. The second-order valence-electron chi connectivity index (χ2n) is 3.37. The Hall–Kier alpha value is -1.84. The monoisotopic (exact) mass is 218 g/mol. The minimum Gasteiger partial charge on any atom is -0.353 e. The second-order valence-corrected chi connectivity index (χ2v) is 3.37. The van der Waals surface area contributed by atoms with Crippen LogP contribution >= 0.6 is 0 Å². The Kier molecular flexibility index (Phi) is 5.05. The topological polar surface area (TPSA) is 49.3 Å². The van der Waals surface area contributed by atoms with Crippen LogP contribution in [-0.2, 0) is 6.54 Å². The van der Waals surface area contributed by atoms with Crippen molar-refractivity contribution in [3.8, 4) is 0 Å². The molecule has 1 aromatic heterocycles. The Balaban J connectivity index is 2.46. The zero-order valence-electron chi connectivity index (χ0n) is 9.83. The number of guanidine groups is 1. The molecule has 0 bridgehead atoms. The summed E-state index contributed by atoms with van der Waals surface area (Å²) in [6, 6.07) is 5.97. The first-order valence-electron chi connectivity index (χ1n) is 5.24. The highest BCUT2D eigenvalue weighted by molar-refractivity contribution is 5.79. The van der Waals surface area contributed by atoms with E-state index in [-0.39, 0.29) is 0 Å². The van der Waals surface area contributed by atoms with Gasteiger partial charge in [0.1, 0.15) is 0 Å². The van der Waals surface area contributed by atoms with E-state index in [1.807, 2.05) is 25.1 Å².